The molecule has 1 aliphatic heterocycles. The van der Waals surface area contributed by atoms with Crippen LogP contribution in [0.15, 0.2) is 29.2 Å². The predicted molar refractivity (Wildman–Crippen MR) is 76.2 cm³/mol. The molecule has 1 heterocycles. The average molecular weight is 283 g/mol. The molecule has 1 fully saturated rings. The highest BCUT2D eigenvalue weighted by atomic mass is 32.2. The fourth-order valence-corrected chi connectivity index (χ4v) is 3.14. The Morgan fingerprint density at radius 2 is 2.05 bits per heavy atom. The van der Waals surface area contributed by atoms with E-state index in [1.54, 1.807) is 19.1 Å². The molecule has 1 aliphatic rings. The molecule has 0 amide bonds. The van der Waals surface area contributed by atoms with Gasteiger partial charge in [0.1, 0.15) is 0 Å². The Hall–Kier alpha value is -1.07. The Morgan fingerprint density at radius 3 is 2.58 bits per heavy atom. The topological polar surface area (TPSA) is 55.4 Å². The van der Waals surface area contributed by atoms with Crippen molar-refractivity contribution >= 4 is 15.5 Å². The van der Waals surface area contributed by atoms with E-state index in [2.05, 4.69) is 12.2 Å². The molecule has 5 heteroatoms. The molecule has 1 saturated heterocycles. The SMILES string of the molecule is CCS(=O)(=O)c1ccc(NC(C)C2CCOC2)cc1. The Balaban J connectivity index is 2.02. The van der Waals surface area contributed by atoms with Gasteiger partial charge in [-0.05, 0) is 37.6 Å². The fraction of sp³-hybridized carbons (Fsp3) is 0.571. The number of anilines is 1. The van der Waals surface area contributed by atoms with Crippen molar-refractivity contribution in [3.8, 4) is 0 Å². The molecule has 4 nitrogen and oxygen atoms in total. The summed E-state index contributed by atoms with van der Waals surface area (Å²) in [7, 11) is -3.11. The first kappa shape index (κ1) is 14.3. The van der Waals surface area contributed by atoms with E-state index < -0.39 is 9.84 Å². The minimum absolute atomic E-state index is 0.135. The van der Waals surface area contributed by atoms with Crippen LogP contribution < -0.4 is 5.32 Å². The Morgan fingerprint density at radius 1 is 1.37 bits per heavy atom. The van der Waals surface area contributed by atoms with Gasteiger partial charge >= 0.3 is 0 Å². The number of nitrogens with one attached hydrogen (secondary N) is 1. The summed E-state index contributed by atoms with van der Waals surface area (Å²) in [5.74, 6) is 0.661. The van der Waals surface area contributed by atoms with Crippen molar-refractivity contribution in [1.29, 1.82) is 0 Å². The third-order valence-electron chi connectivity index (χ3n) is 3.66. The van der Waals surface area contributed by atoms with Crippen LogP contribution in [0.4, 0.5) is 5.69 Å². The van der Waals surface area contributed by atoms with Gasteiger partial charge in [0.05, 0.1) is 17.3 Å². The van der Waals surface area contributed by atoms with Gasteiger partial charge in [-0.2, -0.15) is 0 Å². The highest BCUT2D eigenvalue weighted by Gasteiger charge is 2.22. The zero-order valence-electron chi connectivity index (χ0n) is 11.4. The van der Waals surface area contributed by atoms with E-state index in [0.717, 1.165) is 25.3 Å². The number of sulfone groups is 1. The Bertz CT molecular complexity index is 504. The molecular formula is C14H21NO3S. The number of rotatable bonds is 5. The second kappa shape index (κ2) is 5.92. The lowest BCUT2D eigenvalue weighted by Crippen LogP contribution is -2.26. The summed E-state index contributed by atoms with van der Waals surface area (Å²) in [6, 6.07) is 7.32. The van der Waals surface area contributed by atoms with Gasteiger partial charge in [0.25, 0.3) is 0 Å². The van der Waals surface area contributed by atoms with E-state index in [9.17, 15) is 8.42 Å². The van der Waals surface area contributed by atoms with E-state index in [1.807, 2.05) is 12.1 Å². The number of hydrogen-bond donors (Lipinski definition) is 1. The van der Waals surface area contributed by atoms with Gasteiger partial charge < -0.3 is 10.1 Å². The Labute approximate surface area is 115 Å². The van der Waals surface area contributed by atoms with Gasteiger partial charge in [-0.3, -0.25) is 0 Å². The summed E-state index contributed by atoms with van der Waals surface area (Å²) in [6.07, 6.45) is 1.08. The molecule has 0 spiro atoms. The van der Waals surface area contributed by atoms with Crippen molar-refractivity contribution in [3.05, 3.63) is 24.3 Å². The maximum absolute atomic E-state index is 11.7. The van der Waals surface area contributed by atoms with Crippen LogP contribution in [0.25, 0.3) is 0 Å². The predicted octanol–water partition coefficient (Wildman–Crippen LogP) is 2.32. The first-order valence-electron chi connectivity index (χ1n) is 6.70. The van der Waals surface area contributed by atoms with E-state index in [0.29, 0.717) is 16.9 Å². The average Bonchev–Trinajstić information content (AvgIpc) is 2.93. The summed E-state index contributed by atoms with van der Waals surface area (Å²) >= 11 is 0. The molecule has 1 N–H and O–H groups in total. The van der Waals surface area contributed by atoms with Gasteiger partial charge in [-0.1, -0.05) is 6.92 Å². The molecule has 1 aromatic rings. The van der Waals surface area contributed by atoms with Crippen LogP contribution in [0, 0.1) is 5.92 Å². The number of hydrogen-bond acceptors (Lipinski definition) is 4. The van der Waals surface area contributed by atoms with Crippen LogP contribution in [0.1, 0.15) is 20.3 Å². The zero-order chi connectivity index (χ0) is 13.9. The van der Waals surface area contributed by atoms with E-state index in [-0.39, 0.29) is 5.75 Å². The number of benzene rings is 1. The Kier molecular flexibility index (Phi) is 4.47. The lowest BCUT2D eigenvalue weighted by molar-refractivity contribution is 0.183. The van der Waals surface area contributed by atoms with Crippen molar-refractivity contribution in [2.24, 2.45) is 5.92 Å². The second-order valence-corrected chi connectivity index (χ2v) is 7.26. The van der Waals surface area contributed by atoms with E-state index in [1.165, 1.54) is 0 Å². The first-order valence-corrected chi connectivity index (χ1v) is 8.35. The zero-order valence-corrected chi connectivity index (χ0v) is 12.2. The van der Waals surface area contributed by atoms with Crippen molar-refractivity contribution in [3.63, 3.8) is 0 Å². The molecule has 2 atom stereocenters. The lowest BCUT2D eigenvalue weighted by Gasteiger charge is -2.20. The minimum atomic E-state index is -3.11. The molecule has 0 radical (unpaired) electrons. The largest absolute Gasteiger partial charge is 0.382 e. The van der Waals surface area contributed by atoms with Crippen molar-refractivity contribution in [2.75, 3.05) is 24.3 Å². The molecule has 0 bridgehead atoms. The molecule has 2 unspecified atom stereocenters. The molecule has 106 valence electrons. The minimum Gasteiger partial charge on any atom is -0.382 e. The van der Waals surface area contributed by atoms with Gasteiger partial charge in [-0.25, -0.2) is 8.42 Å². The monoisotopic (exact) mass is 283 g/mol. The van der Waals surface area contributed by atoms with Gasteiger partial charge in [0, 0.05) is 24.3 Å². The summed E-state index contributed by atoms with van der Waals surface area (Å²) < 4.78 is 28.8. The molecule has 2 rings (SSSR count). The van der Waals surface area contributed by atoms with Crippen LogP contribution in [0.3, 0.4) is 0 Å². The summed E-state index contributed by atoms with van der Waals surface area (Å²) in [5.41, 5.74) is 0.953. The smallest absolute Gasteiger partial charge is 0.178 e. The van der Waals surface area contributed by atoms with Gasteiger partial charge in [0.2, 0.25) is 0 Å². The van der Waals surface area contributed by atoms with Gasteiger partial charge in [-0.15, -0.1) is 0 Å². The summed E-state index contributed by atoms with van der Waals surface area (Å²) in [4.78, 5) is 0.386. The highest BCUT2D eigenvalue weighted by Crippen LogP contribution is 2.21. The third-order valence-corrected chi connectivity index (χ3v) is 5.41. The van der Waals surface area contributed by atoms with Crippen molar-refractivity contribution in [1.82, 2.24) is 0 Å². The maximum atomic E-state index is 11.7. The molecular weight excluding hydrogens is 262 g/mol. The van der Waals surface area contributed by atoms with Crippen LogP contribution in [-0.2, 0) is 14.6 Å². The molecule has 19 heavy (non-hydrogen) atoms. The standard InChI is InChI=1S/C14H21NO3S/c1-3-19(16,17)14-6-4-13(5-7-14)15-11(2)12-8-9-18-10-12/h4-7,11-12,15H,3,8-10H2,1-2H3. The number of ether oxygens (including phenoxy) is 1. The van der Waals surface area contributed by atoms with Crippen molar-refractivity contribution in [2.45, 2.75) is 31.2 Å². The summed E-state index contributed by atoms with van der Waals surface area (Å²) in [5, 5.41) is 3.41. The van der Waals surface area contributed by atoms with Crippen molar-refractivity contribution < 1.29 is 13.2 Å². The van der Waals surface area contributed by atoms with E-state index >= 15 is 0 Å². The molecule has 0 aromatic heterocycles. The van der Waals surface area contributed by atoms with E-state index in [4.69, 9.17) is 4.74 Å². The lowest BCUT2D eigenvalue weighted by atomic mass is 10.0. The van der Waals surface area contributed by atoms with Crippen LogP contribution in [-0.4, -0.2) is 33.4 Å². The maximum Gasteiger partial charge on any atom is 0.178 e. The second-order valence-electron chi connectivity index (χ2n) is 4.98. The quantitative estimate of drug-likeness (QED) is 0.901. The third kappa shape index (κ3) is 3.48. The fourth-order valence-electron chi connectivity index (χ4n) is 2.25. The molecule has 0 saturated carbocycles. The highest BCUT2D eigenvalue weighted by molar-refractivity contribution is 7.91. The first-order chi connectivity index (χ1) is 9.03. The van der Waals surface area contributed by atoms with Gasteiger partial charge in [0.15, 0.2) is 9.84 Å². The molecule has 1 aromatic carbocycles. The normalized spacial score (nSPS) is 21.3. The van der Waals surface area contributed by atoms with Crippen LogP contribution >= 0.6 is 0 Å². The van der Waals surface area contributed by atoms with Crippen LogP contribution in [0.5, 0.6) is 0 Å². The van der Waals surface area contributed by atoms with Crippen LogP contribution in [0.2, 0.25) is 0 Å². The summed E-state index contributed by atoms with van der Waals surface area (Å²) in [6.45, 7) is 5.43. The molecule has 0 aliphatic carbocycles.